The van der Waals surface area contributed by atoms with E-state index in [2.05, 4.69) is 182 Å². The molecule has 6 rings (SSSR count). The molecule has 0 fully saturated rings. The molecule has 0 atom stereocenters. The smallest absolute Gasteiger partial charge is 0.00734 e. The monoisotopic (exact) mass is 664 g/mol. The summed E-state index contributed by atoms with van der Waals surface area (Å²) >= 11 is 0. The van der Waals surface area contributed by atoms with Crippen LogP contribution in [-0.4, -0.2) is 0 Å². The Kier molecular flexibility index (Phi) is 13.9. The Morgan fingerprint density at radius 1 is 0.216 bits per heavy atom. The average Bonchev–Trinajstić information content (AvgIpc) is 3.21. The van der Waals surface area contributed by atoms with Crippen LogP contribution in [0.3, 0.4) is 0 Å². The summed E-state index contributed by atoms with van der Waals surface area (Å²) in [7, 11) is 0. The van der Waals surface area contributed by atoms with E-state index in [0.717, 1.165) is 12.8 Å². The molecule has 0 aromatic heterocycles. The van der Waals surface area contributed by atoms with Crippen LogP contribution in [0.2, 0.25) is 0 Å². The first-order valence-electron chi connectivity index (χ1n) is 19.2. The van der Waals surface area contributed by atoms with Crippen molar-refractivity contribution in [3.63, 3.8) is 0 Å². The summed E-state index contributed by atoms with van der Waals surface area (Å²) in [6.07, 6.45) is 13.8. The van der Waals surface area contributed by atoms with Crippen LogP contribution >= 0.6 is 0 Å². The van der Waals surface area contributed by atoms with E-state index in [1.54, 1.807) is 0 Å². The van der Waals surface area contributed by atoms with Crippen LogP contribution in [0.25, 0.3) is 22.3 Å². The SMILES string of the molecule is c1ccc(C(CCCCCCCCCCCC(=C(c2ccccc2)c2ccccc2)c2ccccc2)=C(c2ccccc2)c2ccccc2)cc1. The zero-order valence-corrected chi connectivity index (χ0v) is 30.1. The molecular formula is C51H52. The van der Waals surface area contributed by atoms with E-state index in [-0.39, 0.29) is 0 Å². The molecular weight excluding hydrogens is 613 g/mol. The van der Waals surface area contributed by atoms with Gasteiger partial charge >= 0.3 is 0 Å². The fraction of sp³-hybridized carbons (Fsp3) is 0.216. The zero-order chi connectivity index (χ0) is 34.8. The van der Waals surface area contributed by atoms with E-state index in [1.165, 1.54) is 113 Å². The fourth-order valence-corrected chi connectivity index (χ4v) is 7.40. The second-order valence-electron chi connectivity index (χ2n) is 13.6. The van der Waals surface area contributed by atoms with E-state index >= 15 is 0 Å². The molecule has 0 amide bonds. The maximum atomic E-state index is 2.28. The summed E-state index contributed by atoms with van der Waals surface area (Å²) in [6, 6.07) is 65.9. The minimum Gasteiger partial charge on any atom is -0.0622 e. The van der Waals surface area contributed by atoms with E-state index in [4.69, 9.17) is 0 Å². The van der Waals surface area contributed by atoms with Crippen molar-refractivity contribution in [3.05, 3.63) is 215 Å². The quantitative estimate of drug-likeness (QED) is 0.0634. The van der Waals surface area contributed by atoms with Crippen molar-refractivity contribution in [1.82, 2.24) is 0 Å². The molecule has 0 radical (unpaired) electrons. The molecule has 51 heavy (non-hydrogen) atoms. The predicted molar refractivity (Wildman–Crippen MR) is 221 cm³/mol. The molecule has 256 valence electrons. The zero-order valence-electron chi connectivity index (χ0n) is 30.1. The van der Waals surface area contributed by atoms with Gasteiger partial charge in [-0.25, -0.2) is 0 Å². The van der Waals surface area contributed by atoms with Crippen molar-refractivity contribution in [3.8, 4) is 0 Å². The number of allylic oxidation sites excluding steroid dienone is 2. The third kappa shape index (κ3) is 10.4. The van der Waals surface area contributed by atoms with Gasteiger partial charge in [0.1, 0.15) is 0 Å². The van der Waals surface area contributed by atoms with Gasteiger partial charge in [-0.2, -0.15) is 0 Å². The summed E-state index contributed by atoms with van der Waals surface area (Å²) in [6.45, 7) is 0. The average molecular weight is 665 g/mol. The van der Waals surface area contributed by atoms with E-state index in [1.807, 2.05) is 0 Å². The largest absolute Gasteiger partial charge is 0.0622 e. The second-order valence-corrected chi connectivity index (χ2v) is 13.6. The van der Waals surface area contributed by atoms with Crippen LogP contribution in [-0.2, 0) is 0 Å². The lowest BCUT2D eigenvalue weighted by Crippen LogP contribution is -1.96. The molecule has 0 heterocycles. The Balaban J connectivity index is 1.01. The van der Waals surface area contributed by atoms with Gasteiger partial charge in [-0.1, -0.05) is 227 Å². The van der Waals surface area contributed by atoms with Crippen molar-refractivity contribution in [1.29, 1.82) is 0 Å². The van der Waals surface area contributed by atoms with Crippen LogP contribution < -0.4 is 0 Å². The van der Waals surface area contributed by atoms with Gasteiger partial charge in [0.15, 0.2) is 0 Å². The van der Waals surface area contributed by atoms with Gasteiger partial charge in [-0.05, 0) is 81.4 Å². The summed E-state index contributed by atoms with van der Waals surface area (Å²) in [5, 5.41) is 0. The lowest BCUT2D eigenvalue weighted by molar-refractivity contribution is 0.563. The molecule has 0 aliphatic carbocycles. The predicted octanol–water partition coefficient (Wildman–Crippen LogP) is 14.6. The Hall–Kier alpha value is -5.20. The van der Waals surface area contributed by atoms with Gasteiger partial charge in [0.05, 0.1) is 0 Å². The number of rotatable bonds is 18. The standard InChI is InChI=1S/C51H52/c1(2-4-6-26-40-48(42-28-14-8-15-29-42)50(44-32-18-10-19-33-44)45-34-20-11-21-35-45)3-5-7-27-41-49(43-30-16-9-17-31-43)51(46-36-22-12-23-37-46)47-38-24-13-25-39-47/h8-25,28-39H,1-7,26-27,40-41H2. The highest BCUT2D eigenvalue weighted by Gasteiger charge is 2.15. The van der Waals surface area contributed by atoms with Crippen molar-refractivity contribution >= 4 is 22.3 Å². The highest BCUT2D eigenvalue weighted by Crippen LogP contribution is 2.37. The molecule has 0 aliphatic heterocycles. The van der Waals surface area contributed by atoms with Gasteiger partial charge in [0.25, 0.3) is 0 Å². The first kappa shape index (κ1) is 35.6. The highest BCUT2D eigenvalue weighted by atomic mass is 14.2. The molecule has 0 heteroatoms. The summed E-state index contributed by atoms with van der Waals surface area (Å²) in [5.74, 6) is 0. The molecule has 0 nitrogen and oxygen atoms in total. The molecule has 6 aromatic carbocycles. The highest BCUT2D eigenvalue weighted by molar-refractivity contribution is 5.99. The number of unbranched alkanes of at least 4 members (excludes halogenated alkanes) is 8. The Bertz CT molecular complexity index is 1680. The van der Waals surface area contributed by atoms with Crippen LogP contribution in [0.15, 0.2) is 182 Å². The maximum absolute atomic E-state index is 2.28. The Labute approximate surface area is 307 Å². The maximum Gasteiger partial charge on any atom is -0.00734 e. The molecule has 0 unspecified atom stereocenters. The van der Waals surface area contributed by atoms with E-state index in [0.29, 0.717) is 0 Å². The van der Waals surface area contributed by atoms with Gasteiger partial charge in [0.2, 0.25) is 0 Å². The molecule has 0 saturated carbocycles. The molecule has 0 bridgehead atoms. The third-order valence-corrected chi connectivity index (χ3v) is 9.95. The number of hydrogen-bond acceptors (Lipinski definition) is 0. The minimum atomic E-state index is 1.09. The first-order chi connectivity index (χ1) is 25.4. The molecule has 6 aromatic rings. The Morgan fingerprint density at radius 2 is 0.412 bits per heavy atom. The third-order valence-electron chi connectivity index (χ3n) is 9.95. The normalized spacial score (nSPS) is 10.8. The number of benzene rings is 6. The fourth-order valence-electron chi connectivity index (χ4n) is 7.40. The molecule has 0 N–H and O–H groups in total. The lowest BCUT2D eigenvalue weighted by atomic mass is 9.86. The molecule has 0 spiro atoms. The first-order valence-corrected chi connectivity index (χ1v) is 19.2. The lowest BCUT2D eigenvalue weighted by Gasteiger charge is -2.18. The topological polar surface area (TPSA) is 0 Å². The van der Waals surface area contributed by atoms with Crippen molar-refractivity contribution in [2.24, 2.45) is 0 Å². The van der Waals surface area contributed by atoms with Crippen molar-refractivity contribution in [2.45, 2.75) is 70.6 Å². The van der Waals surface area contributed by atoms with Crippen molar-refractivity contribution in [2.75, 3.05) is 0 Å². The van der Waals surface area contributed by atoms with Crippen LogP contribution in [0, 0.1) is 0 Å². The minimum absolute atomic E-state index is 1.09. The van der Waals surface area contributed by atoms with Crippen LogP contribution in [0.5, 0.6) is 0 Å². The Morgan fingerprint density at radius 3 is 0.647 bits per heavy atom. The van der Waals surface area contributed by atoms with Gasteiger partial charge in [-0.15, -0.1) is 0 Å². The van der Waals surface area contributed by atoms with Crippen LogP contribution in [0.4, 0.5) is 0 Å². The summed E-state index contributed by atoms with van der Waals surface area (Å²) in [5.41, 5.74) is 13.5. The summed E-state index contributed by atoms with van der Waals surface area (Å²) < 4.78 is 0. The second kappa shape index (κ2) is 19.9. The van der Waals surface area contributed by atoms with Gasteiger partial charge in [0, 0.05) is 0 Å². The van der Waals surface area contributed by atoms with E-state index < -0.39 is 0 Å². The number of hydrogen-bond donors (Lipinski definition) is 0. The van der Waals surface area contributed by atoms with Crippen molar-refractivity contribution < 1.29 is 0 Å². The van der Waals surface area contributed by atoms with Gasteiger partial charge < -0.3 is 0 Å². The van der Waals surface area contributed by atoms with E-state index in [9.17, 15) is 0 Å². The molecule has 0 aliphatic rings. The summed E-state index contributed by atoms with van der Waals surface area (Å²) in [4.78, 5) is 0. The van der Waals surface area contributed by atoms with Crippen LogP contribution in [0.1, 0.15) is 104 Å². The molecule has 0 saturated heterocycles. The van der Waals surface area contributed by atoms with Gasteiger partial charge in [-0.3, -0.25) is 0 Å².